The maximum Gasteiger partial charge on any atom is 0.138 e. The number of hydrogen-bond acceptors (Lipinski definition) is 1. The van der Waals surface area contributed by atoms with Crippen molar-refractivity contribution in [1.82, 2.24) is 0 Å². The minimum Gasteiger partial charge on any atom is -0.456 e. The zero-order valence-electron chi connectivity index (χ0n) is 22.2. The van der Waals surface area contributed by atoms with Gasteiger partial charge in [0, 0.05) is 10.8 Å². The molecule has 0 aliphatic carbocycles. The Kier molecular flexibility index (Phi) is 5.11. The number of hydrogen-bond donors (Lipinski definition) is 0. The molecule has 0 N–H and O–H groups in total. The number of benzene rings is 7. The molecule has 7 aromatic carbocycles. The zero-order valence-corrected chi connectivity index (χ0v) is 22.2. The summed E-state index contributed by atoms with van der Waals surface area (Å²) in [4.78, 5) is 0. The third kappa shape index (κ3) is 3.48. The summed E-state index contributed by atoms with van der Waals surface area (Å²) in [6.45, 7) is 2.10. The molecule has 40 heavy (non-hydrogen) atoms. The standard InChI is InChI=1S/C39H26O/c1-25-10-9-17-34-35-24-29(22-23-36(35)40-39(25)34)26-18-20-28(21-19-26)38-32-15-7-5-13-30(32)37(27-11-3-2-4-12-27)31-14-6-8-16-33(31)38/h2-24H,1H3. The fourth-order valence-electron chi connectivity index (χ4n) is 6.30. The van der Waals surface area contributed by atoms with Gasteiger partial charge < -0.3 is 4.42 Å². The largest absolute Gasteiger partial charge is 0.456 e. The summed E-state index contributed by atoms with van der Waals surface area (Å²) in [5.74, 6) is 0. The Morgan fingerprint density at radius 1 is 0.375 bits per heavy atom. The fraction of sp³-hybridized carbons (Fsp3) is 0.0256. The Morgan fingerprint density at radius 2 is 0.875 bits per heavy atom. The highest BCUT2D eigenvalue weighted by atomic mass is 16.3. The van der Waals surface area contributed by atoms with E-state index in [-0.39, 0.29) is 0 Å². The van der Waals surface area contributed by atoms with Crippen LogP contribution >= 0.6 is 0 Å². The van der Waals surface area contributed by atoms with Crippen molar-refractivity contribution in [2.24, 2.45) is 0 Å². The van der Waals surface area contributed by atoms with Gasteiger partial charge >= 0.3 is 0 Å². The topological polar surface area (TPSA) is 13.1 Å². The third-order valence-corrected chi connectivity index (χ3v) is 8.19. The molecule has 0 atom stereocenters. The van der Waals surface area contributed by atoms with Crippen molar-refractivity contribution in [3.05, 3.63) is 145 Å². The van der Waals surface area contributed by atoms with Crippen molar-refractivity contribution in [2.75, 3.05) is 0 Å². The molecule has 8 aromatic rings. The number of furan rings is 1. The van der Waals surface area contributed by atoms with Crippen molar-refractivity contribution in [3.8, 4) is 33.4 Å². The van der Waals surface area contributed by atoms with Crippen LogP contribution in [0.1, 0.15) is 5.56 Å². The van der Waals surface area contributed by atoms with Crippen LogP contribution in [0.3, 0.4) is 0 Å². The average Bonchev–Trinajstić information content (AvgIpc) is 3.40. The van der Waals surface area contributed by atoms with Crippen LogP contribution in [0.5, 0.6) is 0 Å². The molecule has 0 saturated carbocycles. The minimum atomic E-state index is 0.932. The molecule has 188 valence electrons. The number of para-hydroxylation sites is 1. The van der Waals surface area contributed by atoms with E-state index in [1.165, 1.54) is 60.3 Å². The Labute approximate surface area is 232 Å². The van der Waals surface area contributed by atoms with Crippen LogP contribution in [0.25, 0.3) is 76.9 Å². The lowest BCUT2D eigenvalue weighted by Gasteiger charge is -2.18. The van der Waals surface area contributed by atoms with Crippen LogP contribution < -0.4 is 0 Å². The first-order chi connectivity index (χ1) is 19.8. The summed E-state index contributed by atoms with van der Waals surface area (Å²) in [5.41, 5.74) is 10.5. The van der Waals surface area contributed by atoms with Gasteiger partial charge in [0.15, 0.2) is 0 Å². The highest BCUT2D eigenvalue weighted by Gasteiger charge is 2.16. The zero-order chi connectivity index (χ0) is 26.6. The second-order valence-corrected chi connectivity index (χ2v) is 10.5. The van der Waals surface area contributed by atoms with Crippen molar-refractivity contribution in [1.29, 1.82) is 0 Å². The summed E-state index contributed by atoms with van der Waals surface area (Å²) in [6.07, 6.45) is 0. The molecular formula is C39H26O. The van der Waals surface area contributed by atoms with E-state index in [1.807, 2.05) is 0 Å². The van der Waals surface area contributed by atoms with E-state index in [2.05, 4.69) is 146 Å². The van der Waals surface area contributed by atoms with Crippen LogP contribution in [0.15, 0.2) is 144 Å². The molecule has 1 heteroatoms. The van der Waals surface area contributed by atoms with Gasteiger partial charge in [-0.15, -0.1) is 0 Å². The van der Waals surface area contributed by atoms with E-state index in [9.17, 15) is 0 Å². The summed E-state index contributed by atoms with van der Waals surface area (Å²) in [6, 6.07) is 50.3. The van der Waals surface area contributed by atoms with Crippen LogP contribution in [0.2, 0.25) is 0 Å². The van der Waals surface area contributed by atoms with Gasteiger partial charge in [0.05, 0.1) is 0 Å². The first-order valence-corrected chi connectivity index (χ1v) is 13.8. The summed E-state index contributed by atoms with van der Waals surface area (Å²) >= 11 is 0. The fourth-order valence-corrected chi connectivity index (χ4v) is 6.30. The lowest BCUT2D eigenvalue weighted by Crippen LogP contribution is -1.90. The van der Waals surface area contributed by atoms with E-state index >= 15 is 0 Å². The van der Waals surface area contributed by atoms with Crippen molar-refractivity contribution in [3.63, 3.8) is 0 Å². The predicted octanol–water partition coefficient (Wildman–Crippen LogP) is 11.2. The van der Waals surface area contributed by atoms with Gasteiger partial charge in [-0.3, -0.25) is 0 Å². The average molecular weight is 511 g/mol. The molecule has 0 saturated heterocycles. The van der Waals surface area contributed by atoms with E-state index in [4.69, 9.17) is 4.42 Å². The minimum absolute atomic E-state index is 0.932. The van der Waals surface area contributed by atoms with E-state index in [1.54, 1.807) is 0 Å². The lowest BCUT2D eigenvalue weighted by molar-refractivity contribution is 0.666. The normalized spacial score (nSPS) is 11.6. The number of aryl methyl sites for hydroxylation is 1. The van der Waals surface area contributed by atoms with Crippen LogP contribution in [0, 0.1) is 6.92 Å². The smallest absolute Gasteiger partial charge is 0.138 e. The molecule has 0 aliphatic heterocycles. The molecule has 8 rings (SSSR count). The van der Waals surface area contributed by atoms with Gasteiger partial charge in [0.25, 0.3) is 0 Å². The molecule has 1 nitrogen and oxygen atoms in total. The van der Waals surface area contributed by atoms with Crippen LogP contribution in [0.4, 0.5) is 0 Å². The van der Waals surface area contributed by atoms with Gasteiger partial charge in [-0.05, 0) is 79.5 Å². The molecule has 1 heterocycles. The van der Waals surface area contributed by atoms with Gasteiger partial charge in [0.1, 0.15) is 11.2 Å². The maximum absolute atomic E-state index is 6.17. The molecule has 0 fully saturated rings. The first kappa shape index (κ1) is 22.8. The maximum atomic E-state index is 6.17. The molecule has 0 radical (unpaired) electrons. The molecule has 0 aliphatic rings. The second kappa shape index (κ2) is 8.97. The van der Waals surface area contributed by atoms with Crippen molar-refractivity contribution < 1.29 is 4.42 Å². The summed E-state index contributed by atoms with van der Waals surface area (Å²) < 4.78 is 6.17. The second-order valence-electron chi connectivity index (χ2n) is 10.5. The van der Waals surface area contributed by atoms with E-state index < -0.39 is 0 Å². The molecule has 0 amide bonds. The Hall–Kier alpha value is -5.14. The Bertz CT molecular complexity index is 2140. The number of fused-ring (bicyclic) bond motifs is 5. The lowest BCUT2D eigenvalue weighted by atomic mass is 9.86. The molecule has 0 bridgehead atoms. The predicted molar refractivity (Wildman–Crippen MR) is 170 cm³/mol. The molecular weight excluding hydrogens is 484 g/mol. The van der Waals surface area contributed by atoms with E-state index in [0.29, 0.717) is 0 Å². The molecule has 1 aromatic heterocycles. The van der Waals surface area contributed by atoms with Crippen molar-refractivity contribution in [2.45, 2.75) is 6.92 Å². The third-order valence-electron chi connectivity index (χ3n) is 8.19. The van der Waals surface area contributed by atoms with Crippen LogP contribution in [-0.4, -0.2) is 0 Å². The Morgan fingerprint density at radius 3 is 1.50 bits per heavy atom. The Balaban J connectivity index is 1.31. The number of rotatable bonds is 3. The summed E-state index contributed by atoms with van der Waals surface area (Å²) in [5, 5.41) is 7.43. The first-order valence-electron chi connectivity index (χ1n) is 13.8. The van der Waals surface area contributed by atoms with Gasteiger partial charge in [-0.1, -0.05) is 127 Å². The van der Waals surface area contributed by atoms with Gasteiger partial charge in [-0.2, -0.15) is 0 Å². The van der Waals surface area contributed by atoms with Crippen molar-refractivity contribution >= 4 is 43.5 Å². The summed E-state index contributed by atoms with van der Waals surface area (Å²) in [7, 11) is 0. The molecule has 0 unspecified atom stereocenters. The van der Waals surface area contributed by atoms with Gasteiger partial charge in [-0.25, -0.2) is 0 Å². The van der Waals surface area contributed by atoms with Gasteiger partial charge in [0.2, 0.25) is 0 Å². The monoisotopic (exact) mass is 510 g/mol. The highest BCUT2D eigenvalue weighted by Crippen LogP contribution is 2.44. The SMILES string of the molecule is Cc1cccc2c1oc1ccc(-c3ccc(-c4c5ccccc5c(-c5ccccc5)c5ccccc45)cc3)cc12. The van der Waals surface area contributed by atoms with E-state index in [0.717, 1.165) is 22.1 Å². The quantitative estimate of drug-likeness (QED) is 0.215. The van der Waals surface area contributed by atoms with Crippen LogP contribution in [-0.2, 0) is 0 Å². The highest BCUT2D eigenvalue weighted by molar-refractivity contribution is 6.21. The molecule has 0 spiro atoms.